The number of halogens is 3. The number of nitrogens with one attached hydrogen (secondary N) is 1. The van der Waals surface area contributed by atoms with Crippen molar-refractivity contribution >= 4 is 17.5 Å². The molecule has 4 heterocycles. The number of rotatable bonds is 2. The van der Waals surface area contributed by atoms with Gasteiger partial charge in [-0.1, -0.05) is 12.1 Å². The fourth-order valence-corrected chi connectivity index (χ4v) is 5.26. The van der Waals surface area contributed by atoms with Gasteiger partial charge in [0.05, 0.1) is 17.8 Å². The van der Waals surface area contributed by atoms with Crippen LogP contribution in [-0.2, 0) is 23.9 Å². The maximum atomic E-state index is 13.4. The van der Waals surface area contributed by atoms with Crippen LogP contribution in [0.5, 0.6) is 0 Å². The average Bonchev–Trinajstić information content (AvgIpc) is 3.45. The summed E-state index contributed by atoms with van der Waals surface area (Å²) in [5, 5.41) is 7.15. The molecule has 0 unspecified atom stereocenters. The maximum absolute atomic E-state index is 13.4. The Morgan fingerprint density at radius 2 is 1.75 bits per heavy atom. The first-order valence-corrected chi connectivity index (χ1v) is 10.7. The second-order valence-corrected chi connectivity index (χ2v) is 8.87. The summed E-state index contributed by atoms with van der Waals surface area (Å²) in [6.45, 7) is 4.50. The largest absolute Gasteiger partial charge is 0.418 e. The monoisotopic (exact) mass is 447 g/mol. The molecule has 5 rings (SSSR count). The highest BCUT2D eigenvalue weighted by molar-refractivity contribution is 5.94. The Balaban J connectivity index is 1.27. The molecule has 1 aromatic carbocycles. The van der Waals surface area contributed by atoms with Crippen molar-refractivity contribution in [2.45, 2.75) is 26.1 Å². The minimum absolute atomic E-state index is 0.0119. The van der Waals surface area contributed by atoms with Crippen molar-refractivity contribution in [2.24, 2.45) is 11.8 Å². The Kier molecular flexibility index (Phi) is 4.90. The number of para-hydroxylation sites is 1. The molecular formula is C22H24F3N5O2. The number of carbonyl (C=O) groups is 2. The Labute approximate surface area is 183 Å². The van der Waals surface area contributed by atoms with E-state index in [4.69, 9.17) is 0 Å². The zero-order valence-corrected chi connectivity index (χ0v) is 17.7. The van der Waals surface area contributed by atoms with Gasteiger partial charge in [0.15, 0.2) is 5.69 Å². The highest BCUT2D eigenvalue weighted by Crippen LogP contribution is 2.41. The summed E-state index contributed by atoms with van der Waals surface area (Å²) in [5.74, 6) is 0.101. The quantitative estimate of drug-likeness (QED) is 0.768. The van der Waals surface area contributed by atoms with E-state index in [-0.39, 0.29) is 29.3 Å². The first-order valence-electron chi connectivity index (χ1n) is 10.7. The van der Waals surface area contributed by atoms with Gasteiger partial charge in [-0.2, -0.15) is 18.3 Å². The van der Waals surface area contributed by atoms with E-state index in [0.717, 1.165) is 17.3 Å². The summed E-state index contributed by atoms with van der Waals surface area (Å²) in [4.78, 5) is 30.1. The van der Waals surface area contributed by atoms with Crippen molar-refractivity contribution in [2.75, 3.05) is 37.6 Å². The van der Waals surface area contributed by atoms with Gasteiger partial charge in [0, 0.05) is 62.7 Å². The molecule has 32 heavy (non-hydrogen) atoms. The summed E-state index contributed by atoms with van der Waals surface area (Å²) in [6.07, 6.45) is -3.82. The van der Waals surface area contributed by atoms with Gasteiger partial charge in [-0.25, -0.2) is 0 Å². The fraction of sp³-hybridized carbons (Fsp3) is 0.500. The van der Waals surface area contributed by atoms with Gasteiger partial charge in [0.25, 0.3) is 5.91 Å². The molecular weight excluding hydrogens is 423 g/mol. The number of anilines is 1. The Bertz CT molecular complexity index is 1050. The number of hydrogen-bond donors (Lipinski definition) is 1. The lowest BCUT2D eigenvalue weighted by atomic mass is 10.0. The van der Waals surface area contributed by atoms with Crippen LogP contribution >= 0.6 is 0 Å². The highest BCUT2D eigenvalue weighted by atomic mass is 19.4. The van der Waals surface area contributed by atoms with Crippen LogP contribution in [0.4, 0.5) is 18.9 Å². The predicted octanol–water partition coefficient (Wildman–Crippen LogP) is 2.54. The van der Waals surface area contributed by atoms with E-state index in [0.29, 0.717) is 51.4 Å². The third kappa shape index (κ3) is 3.51. The Morgan fingerprint density at radius 1 is 1.06 bits per heavy atom. The molecule has 1 aromatic heterocycles. The van der Waals surface area contributed by atoms with Crippen LogP contribution in [0, 0.1) is 11.8 Å². The standard InChI is InChI=1S/C22H24F3N5O2/c1-13(31)28-7-6-16-18(12-28)26-27-20(16)21(32)30-10-14-8-29(9-15(14)11-30)19-5-3-2-4-17(19)22(23,24)25/h2-5,14-15H,6-12H2,1H3,(H,26,27)/t14-,15+. The van der Waals surface area contributed by atoms with Crippen LogP contribution in [-0.4, -0.2) is 64.5 Å². The molecule has 1 N–H and O–H groups in total. The number of hydrogen-bond acceptors (Lipinski definition) is 4. The van der Waals surface area contributed by atoms with Crippen molar-refractivity contribution in [3.05, 3.63) is 46.8 Å². The van der Waals surface area contributed by atoms with Gasteiger partial charge in [0.2, 0.25) is 5.91 Å². The summed E-state index contributed by atoms with van der Waals surface area (Å²) in [5.41, 5.74) is 1.66. The second-order valence-electron chi connectivity index (χ2n) is 8.87. The molecule has 0 spiro atoms. The molecule has 2 fully saturated rings. The molecule has 2 atom stereocenters. The van der Waals surface area contributed by atoms with E-state index in [2.05, 4.69) is 10.2 Å². The molecule has 2 aromatic rings. The first-order chi connectivity index (χ1) is 15.2. The molecule has 3 aliphatic heterocycles. The molecule has 2 saturated heterocycles. The van der Waals surface area contributed by atoms with Gasteiger partial charge in [-0.15, -0.1) is 0 Å². The predicted molar refractivity (Wildman–Crippen MR) is 110 cm³/mol. The number of aromatic amines is 1. The van der Waals surface area contributed by atoms with Crippen molar-refractivity contribution in [1.29, 1.82) is 0 Å². The van der Waals surface area contributed by atoms with Gasteiger partial charge in [-0.3, -0.25) is 14.7 Å². The number of amides is 2. The molecule has 7 nitrogen and oxygen atoms in total. The molecule has 170 valence electrons. The zero-order chi connectivity index (χ0) is 22.6. The molecule has 0 bridgehead atoms. The number of benzene rings is 1. The molecule has 0 radical (unpaired) electrons. The Hall–Kier alpha value is -3.04. The molecule has 10 heteroatoms. The number of fused-ring (bicyclic) bond motifs is 2. The van der Waals surface area contributed by atoms with Crippen molar-refractivity contribution < 1.29 is 22.8 Å². The Morgan fingerprint density at radius 3 is 2.41 bits per heavy atom. The van der Waals surface area contributed by atoms with Gasteiger partial charge >= 0.3 is 6.18 Å². The molecule has 3 aliphatic rings. The minimum atomic E-state index is -4.40. The van der Waals surface area contributed by atoms with Crippen LogP contribution in [0.25, 0.3) is 0 Å². The van der Waals surface area contributed by atoms with Crippen LogP contribution in [0.2, 0.25) is 0 Å². The number of aromatic nitrogens is 2. The van der Waals surface area contributed by atoms with Crippen LogP contribution in [0.3, 0.4) is 0 Å². The summed E-state index contributed by atoms with van der Waals surface area (Å²) < 4.78 is 40.2. The highest BCUT2D eigenvalue weighted by Gasteiger charge is 2.44. The lowest BCUT2D eigenvalue weighted by Gasteiger charge is -2.27. The van der Waals surface area contributed by atoms with Gasteiger partial charge in [0.1, 0.15) is 0 Å². The minimum Gasteiger partial charge on any atom is -0.370 e. The average molecular weight is 447 g/mol. The lowest BCUT2D eigenvalue weighted by molar-refractivity contribution is -0.137. The van der Waals surface area contributed by atoms with E-state index in [1.54, 1.807) is 20.8 Å². The molecule has 2 amide bonds. The van der Waals surface area contributed by atoms with Gasteiger partial charge < -0.3 is 14.7 Å². The SMILES string of the molecule is CC(=O)N1CCc2c(C(=O)N3C[C@@H]4CN(c5ccccc5C(F)(F)F)C[C@@H]4C3)n[nH]c2C1. The number of likely N-dealkylation sites (tertiary alicyclic amines) is 1. The zero-order valence-electron chi connectivity index (χ0n) is 17.7. The molecule has 0 aliphatic carbocycles. The van der Waals surface area contributed by atoms with Gasteiger partial charge in [-0.05, 0) is 18.6 Å². The second kappa shape index (κ2) is 7.53. The normalized spacial score (nSPS) is 22.8. The fourth-order valence-electron chi connectivity index (χ4n) is 5.26. The maximum Gasteiger partial charge on any atom is 0.418 e. The van der Waals surface area contributed by atoms with Crippen LogP contribution in [0.15, 0.2) is 24.3 Å². The summed E-state index contributed by atoms with van der Waals surface area (Å²) in [7, 11) is 0. The lowest BCUT2D eigenvalue weighted by Crippen LogP contribution is -2.36. The van der Waals surface area contributed by atoms with Crippen molar-refractivity contribution in [1.82, 2.24) is 20.0 Å². The summed E-state index contributed by atoms with van der Waals surface area (Å²) in [6, 6.07) is 5.67. The van der Waals surface area contributed by atoms with Crippen molar-refractivity contribution in [3.8, 4) is 0 Å². The van der Waals surface area contributed by atoms with E-state index in [1.807, 2.05) is 0 Å². The molecule has 0 saturated carbocycles. The van der Waals surface area contributed by atoms with Crippen LogP contribution < -0.4 is 4.90 Å². The number of carbonyl (C=O) groups excluding carboxylic acids is 2. The van der Waals surface area contributed by atoms with E-state index >= 15 is 0 Å². The first kappa shape index (κ1) is 20.8. The van der Waals surface area contributed by atoms with E-state index < -0.39 is 11.7 Å². The van der Waals surface area contributed by atoms with E-state index in [1.165, 1.54) is 19.1 Å². The smallest absolute Gasteiger partial charge is 0.370 e. The van der Waals surface area contributed by atoms with Crippen LogP contribution in [0.1, 0.15) is 34.2 Å². The number of alkyl halides is 3. The summed E-state index contributed by atoms with van der Waals surface area (Å²) >= 11 is 0. The third-order valence-corrected chi connectivity index (χ3v) is 6.90. The van der Waals surface area contributed by atoms with Crippen molar-refractivity contribution in [3.63, 3.8) is 0 Å². The topological polar surface area (TPSA) is 72.5 Å². The third-order valence-electron chi connectivity index (χ3n) is 6.90. The number of nitrogens with zero attached hydrogens (tertiary/aromatic N) is 4. The van der Waals surface area contributed by atoms with E-state index in [9.17, 15) is 22.8 Å². The number of H-pyrrole nitrogens is 1.